The standard InChI is InChI=1S/C10H2F11/c11-5-3-1-2-4(7(12,13)9(16,17)18)6(5)8(14,15)10(19,20)21/h1,3H. The van der Waals surface area contributed by atoms with E-state index in [-0.39, 0.29) is 12.1 Å². The maximum absolute atomic E-state index is 13.1. The Hall–Kier alpha value is -1.55. The zero-order chi connectivity index (χ0) is 16.9. The molecular formula is C10H2F11. The second-order valence-electron chi connectivity index (χ2n) is 3.72. The van der Waals surface area contributed by atoms with Crippen LogP contribution in [-0.4, -0.2) is 12.4 Å². The number of rotatable bonds is 2. The number of alkyl halides is 10. The van der Waals surface area contributed by atoms with Gasteiger partial charge in [0.2, 0.25) is 0 Å². The highest BCUT2D eigenvalue weighted by Crippen LogP contribution is 2.52. The van der Waals surface area contributed by atoms with Gasteiger partial charge >= 0.3 is 24.2 Å². The van der Waals surface area contributed by atoms with E-state index in [1.165, 1.54) is 0 Å². The van der Waals surface area contributed by atoms with Gasteiger partial charge in [-0.2, -0.15) is 43.9 Å². The summed E-state index contributed by atoms with van der Waals surface area (Å²) in [5, 5.41) is 0. The molecule has 0 atom stereocenters. The molecule has 0 bridgehead atoms. The molecule has 11 heteroatoms. The Balaban J connectivity index is 3.71. The third-order valence-corrected chi connectivity index (χ3v) is 2.29. The van der Waals surface area contributed by atoms with Crippen LogP contribution in [0.1, 0.15) is 11.1 Å². The van der Waals surface area contributed by atoms with Gasteiger partial charge in [-0.25, -0.2) is 4.39 Å². The van der Waals surface area contributed by atoms with E-state index in [0.717, 1.165) is 6.07 Å². The largest absolute Gasteiger partial charge is 0.458 e. The minimum absolute atomic E-state index is 0.0419. The maximum Gasteiger partial charge on any atom is 0.458 e. The van der Waals surface area contributed by atoms with E-state index in [9.17, 15) is 48.3 Å². The minimum Gasteiger partial charge on any atom is -0.206 e. The fourth-order valence-electron chi connectivity index (χ4n) is 1.31. The summed E-state index contributed by atoms with van der Waals surface area (Å²) in [6.45, 7) is 0. The smallest absolute Gasteiger partial charge is 0.206 e. The Morgan fingerprint density at radius 2 is 1.14 bits per heavy atom. The molecular weight excluding hydrogens is 329 g/mol. The average Bonchev–Trinajstić information content (AvgIpc) is 2.24. The van der Waals surface area contributed by atoms with Gasteiger partial charge in [0, 0.05) is 0 Å². The molecule has 0 fully saturated rings. The molecule has 1 aromatic rings. The van der Waals surface area contributed by atoms with E-state index >= 15 is 0 Å². The van der Waals surface area contributed by atoms with E-state index in [1.54, 1.807) is 0 Å². The maximum atomic E-state index is 13.1. The van der Waals surface area contributed by atoms with Crippen LogP contribution in [0.25, 0.3) is 0 Å². The van der Waals surface area contributed by atoms with Gasteiger partial charge in [0.05, 0.1) is 11.1 Å². The SMILES string of the molecule is Fc1cc[c]c(C(F)(F)C(F)(F)F)c1C(F)(F)C(F)(F)F. The Morgan fingerprint density at radius 3 is 1.52 bits per heavy atom. The molecule has 0 spiro atoms. The van der Waals surface area contributed by atoms with Gasteiger partial charge in [0.1, 0.15) is 5.82 Å². The lowest BCUT2D eigenvalue weighted by Gasteiger charge is -2.27. The van der Waals surface area contributed by atoms with Crippen molar-refractivity contribution >= 4 is 0 Å². The molecule has 21 heavy (non-hydrogen) atoms. The van der Waals surface area contributed by atoms with Gasteiger partial charge in [0.15, 0.2) is 0 Å². The molecule has 0 saturated carbocycles. The number of halogens is 11. The van der Waals surface area contributed by atoms with Gasteiger partial charge in [-0.15, -0.1) is 0 Å². The summed E-state index contributed by atoms with van der Waals surface area (Å²) >= 11 is 0. The molecule has 1 rings (SSSR count). The van der Waals surface area contributed by atoms with Crippen molar-refractivity contribution in [1.82, 2.24) is 0 Å². The van der Waals surface area contributed by atoms with Crippen LogP contribution in [0.3, 0.4) is 0 Å². The highest BCUT2D eigenvalue weighted by Gasteiger charge is 2.66. The molecule has 0 aliphatic carbocycles. The molecule has 0 heterocycles. The van der Waals surface area contributed by atoms with E-state index in [2.05, 4.69) is 0 Å². The number of hydrogen-bond donors (Lipinski definition) is 0. The van der Waals surface area contributed by atoms with Crippen LogP contribution in [-0.2, 0) is 11.8 Å². The lowest BCUT2D eigenvalue weighted by Crippen LogP contribution is -2.41. The van der Waals surface area contributed by atoms with Crippen LogP contribution >= 0.6 is 0 Å². The summed E-state index contributed by atoms with van der Waals surface area (Å²) in [6, 6.07) is 0.821. The summed E-state index contributed by atoms with van der Waals surface area (Å²) in [4.78, 5) is 0. The van der Waals surface area contributed by atoms with E-state index < -0.39 is 41.1 Å². The summed E-state index contributed by atoms with van der Waals surface area (Å²) in [5.74, 6) is -15.0. The quantitative estimate of drug-likeness (QED) is 0.674. The molecule has 0 aliphatic rings. The highest BCUT2D eigenvalue weighted by molar-refractivity contribution is 5.36. The van der Waals surface area contributed by atoms with Gasteiger partial charge in [-0.05, 0) is 12.1 Å². The van der Waals surface area contributed by atoms with Gasteiger partial charge in [-0.3, -0.25) is 0 Å². The van der Waals surface area contributed by atoms with Crippen LogP contribution in [0.15, 0.2) is 12.1 Å². The average molecular weight is 331 g/mol. The molecule has 0 amide bonds. The summed E-state index contributed by atoms with van der Waals surface area (Å²) in [7, 11) is 0. The molecule has 0 aromatic heterocycles. The Bertz CT molecular complexity index is 523. The van der Waals surface area contributed by atoms with Crippen molar-refractivity contribution in [1.29, 1.82) is 0 Å². The van der Waals surface area contributed by atoms with Gasteiger partial charge in [0.25, 0.3) is 0 Å². The third-order valence-electron chi connectivity index (χ3n) is 2.29. The molecule has 1 radical (unpaired) electrons. The van der Waals surface area contributed by atoms with Crippen molar-refractivity contribution in [3.63, 3.8) is 0 Å². The number of hydrogen-bond acceptors (Lipinski definition) is 0. The fraction of sp³-hybridized carbons (Fsp3) is 0.400. The zero-order valence-corrected chi connectivity index (χ0v) is 9.31. The molecule has 1 aromatic carbocycles. The van der Waals surface area contributed by atoms with Crippen molar-refractivity contribution in [2.75, 3.05) is 0 Å². The van der Waals surface area contributed by atoms with Crippen molar-refractivity contribution < 1.29 is 48.3 Å². The lowest BCUT2D eigenvalue weighted by molar-refractivity contribution is -0.302. The summed E-state index contributed by atoms with van der Waals surface area (Å²) in [5.41, 5.74) is -6.03. The first-order valence-corrected chi connectivity index (χ1v) is 4.74. The first-order chi connectivity index (χ1) is 9.14. The molecule has 0 unspecified atom stereocenters. The first kappa shape index (κ1) is 17.5. The normalized spacial score (nSPS) is 14.4. The summed E-state index contributed by atoms with van der Waals surface area (Å²) < 4.78 is 138. The van der Waals surface area contributed by atoms with Crippen LogP contribution < -0.4 is 0 Å². The molecule has 0 N–H and O–H groups in total. The Kier molecular flexibility index (Phi) is 3.95. The topological polar surface area (TPSA) is 0 Å². The van der Waals surface area contributed by atoms with Crippen LogP contribution in [0, 0.1) is 11.9 Å². The van der Waals surface area contributed by atoms with E-state index in [0.29, 0.717) is 0 Å². The molecule has 0 saturated heterocycles. The van der Waals surface area contributed by atoms with Crippen molar-refractivity contribution in [2.24, 2.45) is 0 Å². The molecule has 119 valence electrons. The predicted molar refractivity (Wildman–Crippen MR) is 45.1 cm³/mol. The Morgan fingerprint density at radius 1 is 0.714 bits per heavy atom. The van der Waals surface area contributed by atoms with E-state index in [1.807, 2.05) is 0 Å². The minimum atomic E-state index is -6.57. The molecule has 0 aliphatic heterocycles. The Labute approximate surface area is 109 Å². The lowest BCUT2D eigenvalue weighted by atomic mass is 9.95. The summed E-state index contributed by atoms with van der Waals surface area (Å²) in [6.07, 6.45) is -13.1. The predicted octanol–water partition coefficient (Wildman–Crippen LogP) is 4.93. The van der Waals surface area contributed by atoms with Crippen LogP contribution in [0.4, 0.5) is 48.3 Å². The van der Waals surface area contributed by atoms with Crippen LogP contribution in [0.5, 0.6) is 0 Å². The third kappa shape index (κ3) is 2.77. The monoisotopic (exact) mass is 331 g/mol. The second kappa shape index (κ2) is 4.73. The number of benzene rings is 1. The highest BCUT2D eigenvalue weighted by atomic mass is 19.4. The van der Waals surface area contributed by atoms with E-state index in [4.69, 9.17) is 0 Å². The van der Waals surface area contributed by atoms with Crippen molar-refractivity contribution in [2.45, 2.75) is 24.2 Å². The van der Waals surface area contributed by atoms with Crippen molar-refractivity contribution in [3.05, 3.63) is 35.1 Å². The molecule has 0 nitrogen and oxygen atoms in total. The van der Waals surface area contributed by atoms with Gasteiger partial charge in [-0.1, -0.05) is 6.07 Å². The zero-order valence-electron chi connectivity index (χ0n) is 9.31. The van der Waals surface area contributed by atoms with Crippen LogP contribution in [0.2, 0.25) is 0 Å². The first-order valence-electron chi connectivity index (χ1n) is 4.74. The second-order valence-corrected chi connectivity index (χ2v) is 3.72. The van der Waals surface area contributed by atoms with Crippen molar-refractivity contribution in [3.8, 4) is 0 Å². The fourth-order valence-corrected chi connectivity index (χ4v) is 1.31. The van der Waals surface area contributed by atoms with Gasteiger partial charge < -0.3 is 0 Å².